The Morgan fingerprint density at radius 3 is 2.67 bits per heavy atom. The molecule has 12 heavy (non-hydrogen) atoms. The first-order chi connectivity index (χ1) is 5.76. The summed E-state index contributed by atoms with van der Waals surface area (Å²) in [6.07, 6.45) is 3.96. The molecule has 0 bridgehead atoms. The number of thioether (sulfide) groups is 1. The van der Waals surface area contributed by atoms with Crippen LogP contribution in [0.3, 0.4) is 0 Å². The molecule has 0 aromatic carbocycles. The molecule has 1 unspecified atom stereocenters. The van der Waals surface area contributed by atoms with E-state index in [1.807, 2.05) is 5.41 Å². The summed E-state index contributed by atoms with van der Waals surface area (Å²) in [5, 5.41) is 2.93. The molecule has 0 aromatic rings. The number of hydrogen-bond acceptors (Lipinski definition) is 2. The Balaban J connectivity index is 4.17. The molecule has 0 radical (unpaired) electrons. The molecule has 0 spiro atoms. The van der Waals surface area contributed by atoms with Gasteiger partial charge in [0.25, 0.3) is 0 Å². The maximum atomic E-state index is 4.20. The van der Waals surface area contributed by atoms with Gasteiger partial charge in [0.2, 0.25) is 0 Å². The minimum atomic E-state index is 0.524. The molecular weight excluding hydrogens is 166 g/mol. The molecule has 0 saturated carbocycles. The lowest BCUT2D eigenvalue weighted by Crippen LogP contribution is -2.05. The van der Waals surface area contributed by atoms with Gasteiger partial charge >= 0.3 is 0 Å². The van der Waals surface area contributed by atoms with Crippen molar-refractivity contribution in [2.75, 3.05) is 0 Å². The average Bonchev–Trinajstić information content (AvgIpc) is 2.04. The molecule has 0 fully saturated rings. The van der Waals surface area contributed by atoms with Crippen molar-refractivity contribution in [2.45, 2.75) is 26.7 Å². The van der Waals surface area contributed by atoms with E-state index in [1.54, 1.807) is 18.0 Å². The van der Waals surface area contributed by atoms with Crippen molar-refractivity contribution in [1.29, 1.82) is 0 Å². The lowest BCUT2D eigenvalue weighted by atomic mass is 10.1. The summed E-state index contributed by atoms with van der Waals surface area (Å²) >= 11 is 1.59. The van der Waals surface area contributed by atoms with Crippen molar-refractivity contribution in [1.82, 2.24) is 0 Å². The highest BCUT2D eigenvalue weighted by Gasteiger charge is 2.07. The standard InChI is InChI=1S/C10H17NS/c1-5-8-9(4)10(11-6-2)12-7-3/h6-7,9H,2-3,5,8H2,1,4H3/b11-10-. The Bertz CT molecular complexity index is 173. The van der Waals surface area contributed by atoms with Gasteiger partial charge in [-0.25, -0.2) is 0 Å². The predicted octanol–water partition coefficient (Wildman–Crippen LogP) is 3.84. The van der Waals surface area contributed by atoms with Gasteiger partial charge in [0.05, 0.1) is 5.04 Å². The summed E-state index contributed by atoms with van der Waals surface area (Å²) in [6.45, 7) is 11.6. The first-order valence-electron chi connectivity index (χ1n) is 4.22. The van der Waals surface area contributed by atoms with E-state index in [4.69, 9.17) is 0 Å². The van der Waals surface area contributed by atoms with Crippen LogP contribution in [0.1, 0.15) is 26.7 Å². The molecule has 1 atom stereocenters. The largest absolute Gasteiger partial charge is 0.254 e. The highest BCUT2D eigenvalue weighted by atomic mass is 32.2. The van der Waals surface area contributed by atoms with Crippen LogP contribution >= 0.6 is 11.8 Å². The highest BCUT2D eigenvalue weighted by Crippen LogP contribution is 2.18. The zero-order chi connectivity index (χ0) is 9.40. The van der Waals surface area contributed by atoms with Gasteiger partial charge < -0.3 is 0 Å². The zero-order valence-electron chi connectivity index (χ0n) is 7.92. The zero-order valence-corrected chi connectivity index (χ0v) is 8.73. The molecule has 2 heteroatoms. The number of rotatable bonds is 5. The van der Waals surface area contributed by atoms with Crippen molar-refractivity contribution in [3.63, 3.8) is 0 Å². The first-order valence-corrected chi connectivity index (χ1v) is 5.10. The van der Waals surface area contributed by atoms with Crippen LogP contribution in [-0.2, 0) is 0 Å². The van der Waals surface area contributed by atoms with Crippen molar-refractivity contribution >= 4 is 16.8 Å². The molecule has 0 rings (SSSR count). The summed E-state index contributed by atoms with van der Waals surface area (Å²) in [4.78, 5) is 4.20. The van der Waals surface area contributed by atoms with Crippen molar-refractivity contribution in [3.05, 3.63) is 24.8 Å². The number of hydrogen-bond donors (Lipinski definition) is 0. The van der Waals surface area contributed by atoms with Crippen LogP contribution in [0.25, 0.3) is 0 Å². The minimum absolute atomic E-state index is 0.524. The third-order valence-corrected chi connectivity index (χ3v) is 2.48. The molecule has 0 heterocycles. The van der Waals surface area contributed by atoms with E-state index in [9.17, 15) is 0 Å². The van der Waals surface area contributed by atoms with Crippen molar-refractivity contribution in [3.8, 4) is 0 Å². The van der Waals surface area contributed by atoms with Crippen LogP contribution in [0.4, 0.5) is 0 Å². The third-order valence-electron chi connectivity index (χ3n) is 1.57. The van der Waals surface area contributed by atoms with Gasteiger partial charge in [0, 0.05) is 12.1 Å². The molecule has 0 aliphatic carbocycles. The molecule has 68 valence electrons. The van der Waals surface area contributed by atoms with Crippen LogP contribution < -0.4 is 0 Å². The second-order valence-electron chi connectivity index (χ2n) is 2.62. The normalized spacial score (nSPS) is 14.0. The quantitative estimate of drug-likeness (QED) is 0.466. The minimum Gasteiger partial charge on any atom is -0.254 e. The highest BCUT2D eigenvalue weighted by molar-refractivity contribution is 8.16. The Morgan fingerprint density at radius 1 is 1.58 bits per heavy atom. The third kappa shape index (κ3) is 4.39. The lowest BCUT2D eigenvalue weighted by molar-refractivity contribution is 0.674. The van der Waals surface area contributed by atoms with Crippen LogP contribution in [-0.4, -0.2) is 5.04 Å². The topological polar surface area (TPSA) is 12.4 Å². The fourth-order valence-corrected chi connectivity index (χ4v) is 1.66. The van der Waals surface area contributed by atoms with Crippen molar-refractivity contribution in [2.24, 2.45) is 10.9 Å². The number of aliphatic imine (C=N–C) groups is 1. The van der Waals surface area contributed by atoms with Crippen LogP contribution in [0, 0.1) is 5.92 Å². The van der Waals surface area contributed by atoms with Gasteiger partial charge in [-0.15, -0.1) is 0 Å². The van der Waals surface area contributed by atoms with E-state index in [-0.39, 0.29) is 0 Å². The fourth-order valence-electron chi connectivity index (χ4n) is 1.01. The molecule has 0 amide bonds. The predicted molar refractivity (Wildman–Crippen MR) is 59.5 cm³/mol. The summed E-state index contributed by atoms with van der Waals surface area (Å²) in [5.74, 6) is 0.524. The Kier molecular flexibility index (Phi) is 6.87. The van der Waals surface area contributed by atoms with Gasteiger partial charge in [-0.3, -0.25) is 4.99 Å². The second-order valence-corrected chi connectivity index (χ2v) is 3.61. The Hall–Kier alpha value is -0.500. The summed E-state index contributed by atoms with van der Waals surface area (Å²) in [5.41, 5.74) is 0. The molecule has 0 aliphatic heterocycles. The van der Waals surface area contributed by atoms with Gasteiger partial charge in [-0.1, -0.05) is 45.2 Å². The van der Waals surface area contributed by atoms with Crippen molar-refractivity contribution < 1.29 is 0 Å². The Morgan fingerprint density at radius 2 is 2.25 bits per heavy atom. The average molecular weight is 183 g/mol. The number of nitrogens with zero attached hydrogens (tertiary/aromatic N) is 1. The summed E-state index contributed by atoms with van der Waals surface area (Å²) < 4.78 is 0. The molecule has 0 aliphatic rings. The van der Waals surface area contributed by atoms with Crippen LogP contribution in [0.5, 0.6) is 0 Å². The van der Waals surface area contributed by atoms with E-state index in [1.165, 1.54) is 12.8 Å². The fraction of sp³-hybridized carbons (Fsp3) is 0.500. The van der Waals surface area contributed by atoms with E-state index in [2.05, 4.69) is 32.0 Å². The summed E-state index contributed by atoms with van der Waals surface area (Å²) in [7, 11) is 0. The van der Waals surface area contributed by atoms with Gasteiger partial charge in [-0.05, 0) is 11.8 Å². The van der Waals surface area contributed by atoms with E-state index < -0.39 is 0 Å². The Labute approximate surface area is 79.7 Å². The van der Waals surface area contributed by atoms with Crippen LogP contribution in [0.15, 0.2) is 29.8 Å². The maximum absolute atomic E-state index is 4.20. The first kappa shape index (κ1) is 11.5. The summed E-state index contributed by atoms with van der Waals surface area (Å²) in [6, 6.07) is 0. The van der Waals surface area contributed by atoms with Gasteiger partial charge in [0.15, 0.2) is 0 Å². The molecule has 0 saturated heterocycles. The van der Waals surface area contributed by atoms with Crippen LogP contribution in [0.2, 0.25) is 0 Å². The molecular formula is C10H17NS. The molecule has 1 nitrogen and oxygen atoms in total. The van der Waals surface area contributed by atoms with Gasteiger partial charge in [0.1, 0.15) is 0 Å². The monoisotopic (exact) mass is 183 g/mol. The van der Waals surface area contributed by atoms with E-state index in [0.29, 0.717) is 5.92 Å². The van der Waals surface area contributed by atoms with Gasteiger partial charge in [-0.2, -0.15) is 0 Å². The smallest absolute Gasteiger partial charge is 0.0800 e. The molecule has 0 aromatic heterocycles. The SMILES string of the molecule is C=C/N=C(\SC=C)C(C)CCC. The molecule has 0 N–H and O–H groups in total. The van der Waals surface area contributed by atoms with E-state index >= 15 is 0 Å². The maximum Gasteiger partial charge on any atom is 0.0800 e. The lowest BCUT2D eigenvalue weighted by Gasteiger charge is -2.10. The van der Waals surface area contributed by atoms with E-state index in [0.717, 1.165) is 5.04 Å². The second kappa shape index (κ2) is 7.17.